The van der Waals surface area contributed by atoms with Gasteiger partial charge in [-0.1, -0.05) is 19.8 Å². The molecule has 5 aliphatic heterocycles. The smallest absolute Gasteiger partial charge is 0.305 e. The molecule has 6 rings (SSSR count). The number of aliphatic hydroxyl groups is 2. The van der Waals surface area contributed by atoms with Crippen LogP contribution in [0.5, 0.6) is 0 Å². The molecule has 220 valence electrons. The molecule has 43 heavy (non-hydrogen) atoms. The second kappa shape index (κ2) is 10.7. The number of carbonyl (C=O) groups is 1. The number of hydrogen-bond acceptors (Lipinski definition) is 8. The van der Waals surface area contributed by atoms with Gasteiger partial charge in [-0.15, -0.1) is 6.42 Å². The number of carbonyl (C=O) groups excluding carboxylic acids is 1. The lowest BCUT2D eigenvalue weighted by atomic mass is 9.86. The highest BCUT2D eigenvalue weighted by Gasteiger charge is 2.41. The molecule has 3 N–H and O–H groups in total. The normalized spacial score (nSPS) is 25.0. The van der Waals surface area contributed by atoms with Crippen LogP contribution in [0.15, 0.2) is 106 Å². The van der Waals surface area contributed by atoms with Crippen LogP contribution in [0.25, 0.3) is 0 Å². The first-order valence-electron chi connectivity index (χ1n) is 14.8. The Hall–Kier alpha value is -4.48. The van der Waals surface area contributed by atoms with E-state index >= 15 is 0 Å². The van der Waals surface area contributed by atoms with Crippen molar-refractivity contribution in [3.63, 3.8) is 0 Å². The Morgan fingerprint density at radius 1 is 1.12 bits per heavy atom. The molecule has 6 aliphatic rings. The molecular formula is C35H36N4O4. The molecule has 0 saturated carbocycles. The number of allylic oxidation sites excluding steroid dienone is 11. The Morgan fingerprint density at radius 3 is 2.53 bits per heavy atom. The van der Waals surface area contributed by atoms with Crippen LogP contribution >= 0.6 is 0 Å². The molecule has 5 heterocycles. The van der Waals surface area contributed by atoms with Crippen molar-refractivity contribution in [1.29, 1.82) is 0 Å². The molecule has 1 unspecified atom stereocenters. The Kier molecular flexibility index (Phi) is 7.10. The topological polar surface area (TPSA) is 116 Å². The molecule has 0 amide bonds. The van der Waals surface area contributed by atoms with Crippen molar-refractivity contribution < 1.29 is 19.7 Å². The van der Waals surface area contributed by atoms with Gasteiger partial charge in [0.15, 0.2) is 0 Å². The van der Waals surface area contributed by atoms with E-state index in [1.54, 1.807) is 0 Å². The molecule has 0 radical (unpaired) electrons. The van der Waals surface area contributed by atoms with Crippen LogP contribution in [0.4, 0.5) is 0 Å². The SMILES string of the molecule is C#CC(O)C1=C(C)C2=NC1=CC1=NC(=CC3=C(C)C4=C(O)CC(=C5NC(=C2)[C@@H](C)[C@@H]5CCC(=O)OC)C4=N3)C(CC)=C1C. The minimum Gasteiger partial charge on any atom is -0.511 e. The van der Waals surface area contributed by atoms with Crippen molar-refractivity contribution in [2.75, 3.05) is 7.11 Å². The number of esters is 1. The fraction of sp³-hybridized carbons (Fsp3) is 0.371. The summed E-state index contributed by atoms with van der Waals surface area (Å²) in [6.07, 6.45) is 12.5. The molecule has 0 aromatic rings. The van der Waals surface area contributed by atoms with E-state index in [0.29, 0.717) is 35.6 Å². The number of nitrogens with zero attached hydrogens (tertiary/aromatic N) is 3. The van der Waals surface area contributed by atoms with Crippen LogP contribution in [-0.4, -0.2) is 46.5 Å². The van der Waals surface area contributed by atoms with Gasteiger partial charge in [0.1, 0.15) is 11.9 Å². The molecule has 1 aliphatic carbocycles. The number of rotatable bonds is 5. The van der Waals surface area contributed by atoms with Gasteiger partial charge in [-0.3, -0.25) is 4.79 Å². The maximum Gasteiger partial charge on any atom is 0.305 e. The van der Waals surface area contributed by atoms with Gasteiger partial charge in [-0.2, -0.15) is 0 Å². The zero-order chi connectivity index (χ0) is 30.7. The standard InChI is InChI=1S/C35H36N4O4/c1-8-20-16(3)23-15-28-32(29(40)9-2)18(5)25(37-28)13-24-17(4)21(10-11-31(42)43-7)34(38-24)22-12-30(41)33-19(6)26(39-35(22)33)14-27(20)36-23/h2,13-15,17,21,29,38,40-41H,8,10-12H2,1,3-7H3/t17-,21-,29?/m0/s1. The number of methoxy groups -OCH3 is 1. The van der Waals surface area contributed by atoms with E-state index in [0.717, 1.165) is 74.1 Å². The minimum atomic E-state index is -1.12. The van der Waals surface area contributed by atoms with Crippen LogP contribution in [-0.2, 0) is 9.53 Å². The van der Waals surface area contributed by atoms with E-state index in [-0.39, 0.29) is 24.2 Å². The summed E-state index contributed by atoms with van der Waals surface area (Å²) >= 11 is 0. The molecule has 0 aromatic carbocycles. The average molecular weight is 577 g/mol. The highest BCUT2D eigenvalue weighted by Crippen LogP contribution is 2.46. The Bertz CT molecular complexity index is 1770. The number of nitrogens with one attached hydrogen (secondary N) is 1. The Labute approximate surface area is 252 Å². The monoisotopic (exact) mass is 576 g/mol. The summed E-state index contributed by atoms with van der Waals surface area (Å²) in [4.78, 5) is 27.2. The van der Waals surface area contributed by atoms with E-state index in [2.05, 4.69) is 25.1 Å². The molecule has 3 atom stereocenters. The summed E-state index contributed by atoms with van der Waals surface area (Å²) in [6, 6.07) is 0. The summed E-state index contributed by atoms with van der Waals surface area (Å²) in [7, 11) is 1.40. The molecule has 8 bridgehead atoms. The zero-order valence-electron chi connectivity index (χ0n) is 25.4. The highest BCUT2D eigenvalue weighted by molar-refractivity contribution is 6.21. The zero-order valence-corrected chi connectivity index (χ0v) is 25.4. The minimum absolute atomic E-state index is 0.00824. The largest absolute Gasteiger partial charge is 0.511 e. The van der Waals surface area contributed by atoms with Gasteiger partial charge in [0.25, 0.3) is 0 Å². The van der Waals surface area contributed by atoms with Gasteiger partial charge in [-0.05, 0) is 74.1 Å². The third kappa shape index (κ3) is 4.50. The van der Waals surface area contributed by atoms with Crippen LogP contribution in [0.2, 0.25) is 0 Å². The van der Waals surface area contributed by atoms with Crippen molar-refractivity contribution in [1.82, 2.24) is 5.32 Å². The van der Waals surface area contributed by atoms with Crippen molar-refractivity contribution in [3.8, 4) is 12.3 Å². The van der Waals surface area contributed by atoms with E-state index < -0.39 is 6.10 Å². The average Bonchev–Trinajstić information content (AvgIpc) is 3.74. The lowest BCUT2D eigenvalue weighted by Crippen LogP contribution is -2.16. The number of aliphatic hydroxyl groups excluding tert-OH is 2. The van der Waals surface area contributed by atoms with Crippen LogP contribution in [0, 0.1) is 24.2 Å². The second-order valence-electron chi connectivity index (χ2n) is 11.7. The van der Waals surface area contributed by atoms with Gasteiger partial charge in [0.05, 0.1) is 41.3 Å². The summed E-state index contributed by atoms with van der Waals surface area (Å²) in [5.74, 6) is 2.47. The quantitative estimate of drug-likeness (QED) is 0.291. The predicted molar refractivity (Wildman–Crippen MR) is 168 cm³/mol. The lowest BCUT2D eigenvalue weighted by molar-refractivity contribution is -0.140. The molecular weight excluding hydrogens is 540 g/mol. The first-order valence-corrected chi connectivity index (χ1v) is 14.8. The van der Waals surface area contributed by atoms with Crippen LogP contribution in [0.3, 0.4) is 0 Å². The number of terminal acetylenes is 1. The van der Waals surface area contributed by atoms with E-state index in [9.17, 15) is 15.0 Å². The molecule has 0 aromatic heterocycles. The molecule has 1 saturated heterocycles. The number of aliphatic imine (C=N–C) groups is 3. The lowest BCUT2D eigenvalue weighted by Gasteiger charge is -2.17. The van der Waals surface area contributed by atoms with Gasteiger partial charge in [0.2, 0.25) is 0 Å². The fourth-order valence-corrected chi connectivity index (χ4v) is 6.93. The first-order chi connectivity index (χ1) is 20.6. The van der Waals surface area contributed by atoms with Crippen molar-refractivity contribution in [2.24, 2.45) is 26.8 Å². The molecule has 1 fully saturated rings. The van der Waals surface area contributed by atoms with Crippen LogP contribution in [0.1, 0.15) is 60.3 Å². The van der Waals surface area contributed by atoms with Crippen molar-refractivity contribution in [3.05, 3.63) is 91.5 Å². The number of hydrogen-bond donors (Lipinski definition) is 3. The Balaban J connectivity index is 1.61. The summed E-state index contributed by atoms with van der Waals surface area (Å²) in [6.45, 7) is 10.2. The molecule has 8 nitrogen and oxygen atoms in total. The fourth-order valence-electron chi connectivity index (χ4n) is 6.93. The van der Waals surface area contributed by atoms with Gasteiger partial charge in [-0.25, -0.2) is 15.0 Å². The first kappa shape index (κ1) is 28.6. The molecule has 0 spiro atoms. The summed E-state index contributed by atoms with van der Waals surface area (Å²) in [5, 5.41) is 25.7. The third-order valence-electron chi connectivity index (χ3n) is 9.42. The second-order valence-corrected chi connectivity index (χ2v) is 11.7. The highest BCUT2D eigenvalue weighted by atomic mass is 16.5. The Morgan fingerprint density at radius 2 is 1.84 bits per heavy atom. The van der Waals surface area contributed by atoms with E-state index in [1.807, 2.05) is 39.0 Å². The van der Waals surface area contributed by atoms with Crippen molar-refractivity contribution in [2.45, 2.75) is 66.4 Å². The molecule has 8 heteroatoms. The number of fused-ring (bicyclic) bond motifs is 5. The van der Waals surface area contributed by atoms with Crippen LogP contribution < -0.4 is 5.32 Å². The summed E-state index contributed by atoms with van der Waals surface area (Å²) in [5.41, 5.74) is 12.4. The third-order valence-corrected chi connectivity index (χ3v) is 9.42. The maximum atomic E-state index is 12.2. The number of ether oxygens (including phenoxy) is 1. The van der Waals surface area contributed by atoms with E-state index in [4.69, 9.17) is 26.1 Å². The summed E-state index contributed by atoms with van der Waals surface area (Å²) < 4.78 is 4.96. The van der Waals surface area contributed by atoms with Gasteiger partial charge < -0.3 is 20.3 Å². The maximum absolute atomic E-state index is 12.2. The van der Waals surface area contributed by atoms with Gasteiger partial charge >= 0.3 is 5.97 Å². The van der Waals surface area contributed by atoms with Gasteiger partial charge in [0, 0.05) is 52.8 Å². The van der Waals surface area contributed by atoms with Crippen molar-refractivity contribution >= 4 is 23.1 Å². The van der Waals surface area contributed by atoms with E-state index in [1.165, 1.54) is 7.11 Å². The predicted octanol–water partition coefficient (Wildman–Crippen LogP) is 5.61.